The van der Waals surface area contributed by atoms with Crippen LogP contribution in [0, 0.1) is 29.6 Å². The lowest BCUT2D eigenvalue weighted by atomic mass is 9.82. The minimum absolute atomic E-state index is 0.0680. The van der Waals surface area contributed by atoms with Crippen molar-refractivity contribution in [3.8, 4) is 11.5 Å². The monoisotopic (exact) mass is 1190 g/mol. The Morgan fingerprint density at radius 2 is 0.880 bits per heavy atom. The van der Waals surface area contributed by atoms with E-state index in [2.05, 4.69) is 5.10 Å². The molecule has 0 saturated heterocycles. The highest BCUT2D eigenvalue weighted by Crippen LogP contribution is 2.62. The lowest BCUT2D eigenvalue weighted by Gasteiger charge is -2.31. The number of fused-ring (bicyclic) bond motifs is 2. The number of benzene rings is 2. The predicted molar refractivity (Wildman–Crippen MR) is 316 cm³/mol. The van der Waals surface area contributed by atoms with Crippen LogP contribution in [0.1, 0.15) is 195 Å². The number of unbranched alkanes of at least 4 members (excludes halogenated alkanes) is 6. The summed E-state index contributed by atoms with van der Waals surface area (Å²) in [5.74, 6) is -2.71. The van der Waals surface area contributed by atoms with Gasteiger partial charge in [-0.25, -0.2) is 5.01 Å². The van der Waals surface area contributed by atoms with Crippen LogP contribution in [0.15, 0.2) is 49.0 Å². The van der Waals surface area contributed by atoms with Gasteiger partial charge in [0, 0.05) is 43.9 Å². The Balaban J connectivity index is 0.833. The highest BCUT2D eigenvalue weighted by molar-refractivity contribution is 8.25. The van der Waals surface area contributed by atoms with E-state index in [-0.39, 0.29) is 72.0 Å². The van der Waals surface area contributed by atoms with Gasteiger partial charge in [0.05, 0.1) is 74.4 Å². The SMILES string of the molecule is CCC(=O)OCCCCCCOC1CCC(OC(=O)C2CCC(C(=O)Oc3c4c(c(OC(=O)C5CCC(C(=O)OC6CCC(OCCCCCCOC(=O)CC)CC6)CC5)c5ccccc35)SC(=C3C(=O)N(C)N=C3C(C)C)S4)CC2)CC1. The van der Waals surface area contributed by atoms with Crippen LogP contribution in [-0.4, -0.2) is 110 Å². The number of esters is 6. The summed E-state index contributed by atoms with van der Waals surface area (Å²) in [4.78, 5) is 93.2. The zero-order valence-corrected chi connectivity index (χ0v) is 51.2. The maximum Gasteiger partial charge on any atom is 0.314 e. The van der Waals surface area contributed by atoms with Gasteiger partial charge < -0.3 is 37.9 Å². The molecule has 0 aromatic heterocycles. The Morgan fingerprint density at radius 1 is 0.518 bits per heavy atom. The van der Waals surface area contributed by atoms with Gasteiger partial charge in [-0.15, -0.1) is 0 Å². The summed E-state index contributed by atoms with van der Waals surface area (Å²) in [6.07, 6.45) is 18.7. The molecule has 0 bridgehead atoms. The molecule has 6 aliphatic rings. The number of hydrogen-bond acceptors (Lipinski definition) is 18. The molecule has 0 radical (unpaired) electrons. The average molecular weight is 1190 g/mol. The maximum absolute atomic E-state index is 14.4. The van der Waals surface area contributed by atoms with Crippen molar-refractivity contribution in [3.05, 3.63) is 34.1 Å². The number of carbonyl (C=O) groups excluding carboxylic acids is 7. The summed E-state index contributed by atoms with van der Waals surface area (Å²) < 4.78 is 48.3. The minimum atomic E-state index is -0.454. The van der Waals surface area contributed by atoms with Gasteiger partial charge in [-0.2, -0.15) is 5.10 Å². The van der Waals surface area contributed by atoms with Gasteiger partial charge in [0.25, 0.3) is 5.91 Å². The highest BCUT2D eigenvalue weighted by Gasteiger charge is 2.42. The van der Waals surface area contributed by atoms with E-state index in [0.717, 1.165) is 103 Å². The van der Waals surface area contributed by atoms with Crippen LogP contribution in [0.2, 0.25) is 0 Å². The van der Waals surface area contributed by atoms with Crippen molar-refractivity contribution in [3.63, 3.8) is 0 Å². The van der Waals surface area contributed by atoms with Crippen LogP contribution in [0.4, 0.5) is 0 Å². The molecule has 8 rings (SSSR count). The Kier molecular flexibility index (Phi) is 24.7. The van der Waals surface area contributed by atoms with E-state index >= 15 is 0 Å². The molecule has 4 saturated carbocycles. The van der Waals surface area contributed by atoms with Crippen molar-refractivity contribution in [1.82, 2.24) is 5.01 Å². The third kappa shape index (κ3) is 17.8. The first kappa shape index (κ1) is 64.0. The summed E-state index contributed by atoms with van der Waals surface area (Å²) >= 11 is 2.63. The molecule has 19 heteroatoms. The van der Waals surface area contributed by atoms with E-state index in [9.17, 15) is 33.6 Å². The quantitative estimate of drug-likeness (QED) is 0.0268. The number of likely N-dealkylation sites (N-methyl/N-ethyl adjacent to an activating group) is 1. The highest BCUT2D eigenvalue weighted by atomic mass is 32.2. The zero-order chi connectivity index (χ0) is 58.8. The molecule has 2 aliphatic heterocycles. The second kappa shape index (κ2) is 32.0. The third-order valence-electron chi connectivity index (χ3n) is 17.1. The summed E-state index contributed by atoms with van der Waals surface area (Å²) in [5, 5.41) is 7.10. The fourth-order valence-corrected chi connectivity index (χ4v) is 14.7. The normalized spacial score (nSPS) is 24.5. The lowest BCUT2D eigenvalue weighted by molar-refractivity contribution is -0.160. The van der Waals surface area contributed by atoms with Gasteiger partial charge >= 0.3 is 35.8 Å². The van der Waals surface area contributed by atoms with Gasteiger partial charge in [0.1, 0.15) is 12.2 Å². The average Bonchev–Trinajstić information content (AvgIpc) is 2.07. The van der Waals surface area contributed by atoms with E-state index in [0.29, 0.717) is 138 Å². The number of ether oxygens (including phenoxy) is 8. The largest absolute Gasteiger partial charge is 0.466 e. The van der Waals surface area contributed by atoms with E-state index in [1.54, 1.807) is 20.9 Å². The first-order chi connectivity index (χ1) is 40.2. The van der Waals surface area contributed by atoms with Gasteiger partial charge in [-0.05, 0) is 147 Å². The molecule has 83 heavy (non-hydrogen) atoms. The summed E-state index contributed by atoms with van der Waals surface area (Å²) in [6, 6.07) is 7.40. The van der Waals surface area contributed by atoms with Crippen molar-refractivity contribution in [2.75, 3.05) is 33.5 Å². The summed E-state index contributed by atoms with van der Waals surface area (Å²) in [7, 11) is 1.63. The van der Waals surface area contributed by atoms with Gasteiger partial charge in [-0.1, -0.05) is 88.3 Å². The smallest absolute Gasteiger partial charge is 0.314 e. The number of amides is 1. The van der Waals surface area contributed by atoms with E-state index in [4.69, 9.17) is 37.9 Å². The van der Waals surface area contributed by atoms with Gasteiger partial charge in [0.2, 0.25) is 0 Å². The van der Waals surface area contributed by atoms with Gasteiger partial charge in [0.15, 0.2) is 11.5 Å². The van der Waals surface area contributed by atoms with Crippen LogP contribution in [-0.2, 0) is 62.0 Å². The fraction of sp³-hybridized carbons (Fsp3) is 0.688. The molecule has 17 nitrogen and oxygen atoms in total. The number of nitrogens with zero attached hydrogens (tertiary/aromatic N) is 2. The van der Waals surface area contributed by atoms with Crippen molar-refractivity contribution >= 4 is 81.7 Å². The van der Waals surface area contributed by atoms with Crippen molar-refractivity contribution in [1.29, 1.82) is 0 Å². The molecular formula is C64H88N2O15S2. The van der Waals surface area contributed by atoms with Crippen LogP contribution < -0.4 is 9.47 Å². The van der Waals surface area contributed by atoms with Crippen molar-refractivity contribution in [2.45, 2.75) is 229 Å². The molecule has 0 N–H and O–H groups in total. The standard InChI is InChI=1S/C64H88N2O15S2/c1-6-51(67)76-38-16-10-8-14-36-74-45-28-32-47(33-29-45)78-60(70)41-20-24-43(25-21-41)62(72)80-55-49-18-12-13-19-50(49)56(58-57(55)82-64(83-58)53-54(40(3)4)65-66(5)59(53)69)81-63(73)44-26-22-42(23-27-44)61(71)79-48-34-30-46(31-35-48)75-37-15-9-11-17-39-77-52(68)7-2/h12-13,18-19,40-48H,6-11,14-17,20-39H2,1-5H3. The molecule has 1 amide bonds. The molecule has 4 aliphatic carbocycles. The Bertz CT molecular complexity index is 2490. The van der Waals surface area contributed by atoms with Crippen molar-refractivity contribution in [2.24, 2.45) is 34.7 Å². The van der Waals surface area contributed by atoms with Crippen LogP contribution >= 0.6 is 23.5 Å². The maximum atomic E-state index is 14.4. The number of carbonyl (C=O) groups is 7. The molecule has 0 atom stereocenters. The molecule has 0 spiro atoms. The van der Waals surface area contributed by atoms with E-state index < -0.39 is 23.8 Å². The summed E-state index contributed by atoms with van der Waals surface area (Å²) in [5.41, 5.74) is 1.11. The molecule has 4 fully saturated rings. The Labute approximate surface area is 498 Å². The number of hydrogen-bond donors (Lipinski definition) is 0. The molecule has 0 unspecified atom stereocenters. The second-order valence-electron chi connectivity index (χ2n) is 23.5. The molecule has 2 aromatic rings. The Morgan fingerprint density at radius 3 is 1.25 bits per heavy atom. The van der Waals surface area contributed by atoms with Crippen LogP contribution in [0.5, 0.6) is 11.5 Å². The number of thioether (sulfide) groups is 2. The van der Waals surface area contributed by atoms with Crippen LogP contribution in [0.3, 0.4) is 0 Å². The second-order valence-corrected chi connectivity index (χ2v) is 25.8. The van der Waals surface area contributed by atoms with E-state index in [1.165, 1.54) is 28.5 Å². The molecule has 2 heterocycles. The summed E-state index contributed by atoms with van der Waals surface area (Å²) in [6.45, 7) is 9.88. The predicted octanol–water partition coefficient (Wildman–Crippen LogP) is 12.9. The zero-order valence-electron chi connectivity index (χ0n) is 49.6. The topological polar surface area (TPSA) is 209 Å². The Hall–Kier alpha value is -4.98. The molecule has 2 aromatic carbocycles. The lowest BCUT2D eigenvalue weighted by Crippen LogP contribution is -2.33. The first-order valence-electron chi connectivity index (χ1n) is 31.1. The number of rotatable bonds is 27. The fourth-order valence-electron chi connectivity index (χ4n) is 12.0. The minimum Gasteiger partial charge on any atom is -0.466 e. The van der Waals surface area contributed by atoms with Crippen LogP contribution in [0.25, 0.3) is 10.8 Å². The molecule has 456 valence electrons. The van der Waals surface area contributed by atoms with Crippen molar-refractivity contribution < 1.29 is 71.5 Å². The van der Waals surface area contributed by atoms with E-state index in [1.807, 2.05) is 38.1 Å². The third-order valence-corrected chi connectivity index (χ3v) is 19.7. The number of hydrazone groups is 1. The molecular weight excluding hydrogens is 1100 g/mol. The van der Waals surface area contributed by atoms with Gasteiger partial charge in [-0.3, -0.25) is 33.6 Å². The first-order valence-corrected chi connectivity index (χ1v) is 32.8.